The van der Waals surface area contributed by atoms with Gasteiger partial charge in [-0.15, -0.1) is 0 Å². The van der Waals surface area contributed by atoms with Crippen molar-refractivity contribution in [2.24, 2.45) is 0 Å². The molecule has 9 nitrogen and oxygen atoms in total. The van der Waals surface area contributed by atoms with E-state index in [1.54, 1.807) is 31.4 Å². The molecule has 0 N–H and O–H groups in total. The van der Waals surface area contributed by atoms with E-state index in [-0.39, 0.29) is 33.2 Å². The van der Waals surface area contributed by atoms with Gasteiger partial charge in [0.2, 0.25) is 0 Å². The van der Waals surface area contributed by atoms with Crippen LogP contribution >= 0.6 is 15.9 Å². The molecule has 0 bridgehead atoms. The molecule has 200 valence electrons. The largest absolute Gasteiger partial charge is 0.497 e. The lowest BCUT2D eigenvalue weighted by Gasteiger charge is -2.22. The Morgan fingerprint density at radius 1 is 1.00 bits per heavy atom. The maximum absolute atomic E-state index is 14.5. The number of aromatic nitrogens is 2. The summed E-state index contributed by atoms with van der Waals surface area (Å²) in [5, 5.41) is 4.28. The van der Waals surface area contributed by atoms with Crippen LogP contribution < -0.4 is 19.3 Å². The van der Waals surface area contributed by atoms with Crippen molar-refractivity contribution in [2.75, 3.05) is 18.5 Å². The lowest BCUT2D eigenvalue weighted by Crippen LogP contribution is -2.31. The van der Waals surface area contributed by atoms with Gasteiger partial charge in [-0.3, -0.25) is 9.36 Å². The maximum atomic E-state index is 14.5. The molecule has 2 aromatic heterocycles. The molecule has 0 aliphatic carbocycles. The van der Waals surface area contributed by atoms with E-state index in [9.17, 15) is 17.6 Å². The second kappa shape index (κ2) is 10.5. The standard InChI is InChI=1S/C27H21BrFN3O6S/c1-36-19-6-3-17(4-7-19)16-31(26-11-12-38-30-26)39(34,35)20-8-9-23-18(13-20)5-10-27(33)32(23)24-15-22(29)21(28)14-25(24)37-2/h3-15H,16H2,1-2H3. The third kappa shape index (κ3) is 5.00. The van der Waals surface area contributed by atoms with Crippen molar-refractivity contribution in [2.45, 2.75) is 11.4 Å². The Morgan fingerprint density at radius 3 is 2.44 bits per heavy atom. The fraction of sp³-hybridized carbons (Fsp3) is 0.111. The Morgan fingerprint density at radius 2 is 1.77 bits per heavy atom. The number of ether oxygens (including phenoxy) is 2. The number of sulfonamides is 1. The van der Waals surface area contributed by atoms with Gasteiger partial charge in [-0.2, -0.15) is 0 Å². The van der Waals surface area contributed by atoms with Crippen LogP contribution in [0.15, 0.2) is 97.7 Å². The fourth-order valence-electron chi connectivity index (χ4n) is 4.14. The molecule has 0 saturated heterocycles. The molecule has 0 amide bonds. The number of hydrogen-bond donors (Lipinski definition) is 0. The summed E-state index contributed by atoms with van der Waals surface area (Å²) < 4.78 is 60.3. The molecule has 0 aliphatic heterocycles. The number of hydrogen-bond acceptors (Lipinski definition) is 7. The van der Waals surface area contributed by atoms with Crippen molar-refractivity contribution in [1.82, 2.24) is 9.72 Å². The summed E-state index contributed by atoms with van der Waals surface area (Å²) in [6.07, 6.45) is 1.29. The van der Waals surface area contributed by atoms with Crippen LogP contribution in [0.25, 0.3) is 16.6 Å². The van der Waals surface area contributed by atoms with Gasteiger partial charge in [-0.05, 0) is 64.0 Å². The predicted molar refractivity (Wildman–Crippen MR) is 147 cm³/mol. The second-order valence-corrected chi connectivity index (χ2v) is 11.1. The summed E-state index contributed by atoms with van der Waals surface area (Å²) in [5.41, 5.74) is 0.793. The number of nitrogens with zero attached hydrogens (tertiary/aromatic N) is 3. The molecule has 39 heavy (non-hydrogen) atoms. The molecule has 5 rings (SSSR count). The number of benzene rings is 3. The van der Waals surface area contributed by atoms with Crippen LogP contribution in [0.1, 0.15) is 5.56 Å². The first kappa shape index (κ1) is 26.4. The Balaban J connectivity index is 1.62. The highest BCUT2D eigenvalue weighted by Crippen LogP contribution is 2.32. The molecule has 0 unspecified atom stereocenters. The Hall–Kier alpha value is -4.16. The minimum absolute atomic E-state index is 0.0221. The van der Waals surface area contributed by atoms with Gasteiger partial charge in [0.1, 0.15) is 23.6 Å². The number of anilines is 1. The van der Waals surface area contributed by atoms with Gasteiger partial charge in [0.25, 0.3) is 15.6 Å². The highest BCUT2D eigenvalue weighted by atomic mass is 79.9. The average Bonchev–Trinajstić information content (AvgIpc) is 3.47. The zero-order valence-electron chi connectivity index (χ0n) is 20.7. The van der Waals surface area contributed by atoms with Crippen molar-refractivity contribution in [3.05, 3.63) is 105 Å². The van der Waals surface area contributed by atoms with Crippen LogP contribution in [-0.2, 0) is 16.6 Å². The van der Waals surface area contributed by atoms with Gasteiger partial charge < -0.3 is 14.0 Å². The van der Waals surface area contributed by atoms with E-state index in [0.29, 0.717) is 22.2 Å². The van der Waals surface area contributed by atoms with E-state index in [4.69, 9.17) is 14.0 Å². The van der Waals surface area contributed by atoms with Crippen molar-refractivity contribution < 1.29 is 26.8 Å². The summed E-state index contributed by atoms with van der Waals surface area (Å²) in [6, 6.07) is 18.2. The first-order valence-corrected chi connectivity index (χ1v) is 13.7. The minimum atomic E-state index is -4.14. The molecule has 0 spiro atoms. The molecule has 3 aromatic carbocycles. The molecular weight excluding hydrogens is 593 g/mol. The monoisotopic (exact) mass is 613 g/mol. The highest BCUT2D eigenvalue weighted by molar-refractivity contribution is 9.10. The summed E-state index contributed by atoms with van der Waals surface area (Å²) in [7, 11) is -1.19. The number of halogens is 2. The maximum Gasteiger partial charge on any atom is 0.265 e. The quantitative estimate of drug-likeness (QED) is 0.234. The lowest BCUT2D eigenvalue weighted by molar-refractivity contribution is 0.411. The minimum Gasteiger partial charge on any atom is -0.497 e. The van der Waals surface area contributed by atoms with E-state index in [1.807, 2.05) is 0 Å². The third-order valence-electron chi connectivity index (χ3n) is 6.08. The van der Waals surface area contributed by atoms with Crippen LogP contribution in [0.5, 0.6) is 11.5 Å². The van der Waals surface area contributed by atoms with Crippen LogP contribution in [0.2, 0.25) is 0 Å². The summed E-state index contributed by atoms with van der Waals surface area (Å²) in [6.45, 7) is -0.0221. The smallest absolute Gasteiger partial charge is 0.265 e. The van der Waals surface area contributed by atoms with Gasteiger partial charge in [0, 0.05) is 23.6 Å². The van der Waals surface area contributed by atoms with Crippen LogP contribution in [0, 0.1) is 5.82 Å². The average molecular weight is 614 g/mol. The van der Waals surface area contributed by atoms with Gasteiger partial charge in [-0.1, -0.05) is 17.3 Å². The summed E-state index contributed by atoms with van der Waals surface area (Å²) in [5.74, 6) is 0.408. The Kier molecular flexibility index (Phi) is 7.15. The van der Waals surface area contributed by atoms with E-state index in [1.165, 1.54) is 66.5 Å². The first-order chi connectivity index (χ1) is 18.7. The normalized spacial score (nSPS) is 11.5. The molecule has 0 fully saturated rings. The summed E-state index contributed by atoms with van der Waals surface area (Å²) >= 11 is 3.12. The van der Waals surface area contributed by atoms with Crippen LogP contribution in [0.3, 0.4) is 0 Å². The predicted octanol–water partition coefficient (Wildman–Crippen LogP) is 5.29. The highest BCUT2D eigenvalue weighted by Gasteiger charge is 2.28. The zero-order chi connectivity index (χ0) is 27.7. The van der Waals surface area contributed by atoms with Gasteiger partial charge >= 0.3 is 0 Å². The summed E-state index contributed by atoms with van der Waals surface area (Å²) in [4.78, 5) is 12.9. The Labute approximate surface area is 231 Å². The molecule has 0 atom stereocenters. The molecule has 0 saturated carbocycles. The number of rotatable bonds is 8. The lowest BCUT2D eigenvalue weighted by atomic mass is 10.2. The molecule has 2 heterocycles. The van der Waals surface area contributed by atoms with Crippen molar-refractivity contribution in [3.63, 3.8) is 0 Å². The van der Waals surface area contributed by atoms with Gasteiger partial charge in [-0.25, -0.2) is 17.1 Å². The van der Waals surface area contributed by atoms with E-state index >= 15 is 0 Å². The number of methoxy groups -OCH3 is 2. The van der Waals surface area contributed by atoms with E-state index in [0.717, 1.165) is 4.31 Å². The van der Waals surface area contributed by atoms with Crippen molar-refractivity contribution in [1.29, 1.82) is 0 Å². The van der Waals surface area contributed by atoms with E-state index < -0.39 is 21.4 Å². The third-order valence-corrected chi connectivity index (χ3v) is 8.44. The molecule has 12 heteroatoms. The Bertz CT molecular complexity index is 1820. The fourth-order valence-corrected chi connectivity index (χ4v) is 5.89. The first-order valence-electron chi connectivity index (χ1n) is 11.5. The molecule has 0 aliphatic rings. The SMILES string of the molecule is COc1ccc(CN(c2ccon2)S(=O)(=O)c2ccc3c(ccc(=O)n3-c3cc(F)c(Br)cc3OC)c2)cc1. The zero-order valence-corrected chi connectivity index (χ0v) is 23.1. The topological polar surface area (TPSA) is 104 Å². The van der Waals surface area contributed by atoms with Crippen molar-refractivity contribution >= 4 is 42.7 Å². The molecule has 0 radical (unpaired) electrons. The number of pyridine rings is 1. The number of fused-ring (bicyclic) bond motifs is 1. The van der Waals surface area contributed by atoms with Gasteiger partial charge in [0.05, 0.1) is 41.3 Å². The molecular formula is C27H21BrFN3O6S. The van der Waals surface area contributed by atoms with E-state index in [2.05, 4.69) is 21.1 Å². The van der Waals surface area contributed by atoms with Gasteiger partial charge in [0.15, 0.2) is 5.82 Å². The van der Waals surface area contributed by atoms with Crippen LogP contribution in [-0.4, -0.2) is 32.4 Å². The molecule has 5 aromatic rings. The van der Waals surface area contributed by atoms with Crippen molar-refractivity contribution in [3.8, 4) is 17.2 Å². The second-order valence-electron chi connectivity index (χ2n) is 8.38. The van der Waals surface area contributed by atoms with Crippen LogP contribution in [0.4, 0.5) is 10.2 Å².